The monoisotopic (exact) mass is 302 g/mol. The Balaban J connectivity index is 1.64. The Hall–Kier alpha value is -1.16. The first-order valence-corrected chi connectivity index (χ1v) is 9.06. The zero-order valence-corrected chi connectivity index (χ0v) is 14.1. The maximum Gasteiger partial charge on any atom is 0.225 e. The third-order valence-corrected chi connectivity index (χ3v) is 5.02. The normalized spacial score (nSPS) is 21.3. The molecule has 1 aromatic heterocycles. The van der Waals surface area contributed by atoms with Crippen molar-refractivity contribution in [1.82, 2.24) is 15.3 Å². The van der Waals surface area contributed by atoms with E-state index in [1.807, 2.05) is 6.20 Å². The van der Waals surface area contributed by atoms with Crippen molar-refractivity contribution >= 4 is 5.95 Å². The standard InChI is InChI=1S/C18H30N4/c1-14(19-12-16-8-9-16)17-13-20-18(21-15(17)2)22-10-6-4-3-5-7-11-22/h13-14,16,19H,3-12H2,1-2H3/t14-/m0/s1. The number of nitrogens with zero attached hydrogens (tertiary/aromatic N) is 3. The first-order chi connectivity index (χ1) is 10.7. The summed E-state index contributed by atoms with van der Waals surface area (Å²) in [6, 6.07) is 0.349. The van der Waals surface area contributed by atoms with Crippen molar-refractivity contribution in [2.24, 2.45) is 5.92 Å². The lowest BCUT2D eigenvalue weighted by atomic mass is 10.1. The van der Waals surface area contributed by atoms with Crippen LogP contribution in [-0.2, 0) is 0 Å². The Labute approximate surface area is 134 Å². The van der Waals surface area contributed by atoms with Crippen LogP contribution in [0.15, 0.2) is 6.20 Å². The number of nitrogens with one attached hydrogen (secondary N) is 1. The summed E-state index contributed by atoms with van der Waals surface area (Å²) in [4.78, 5) is 11.9. The highest BCUT2D eigenvalue weighted by molar-refractivity contribution is 5.34. The molecule has 4 heteroatoms. The minimum Gasteiger partial charge on any atom is -0.341 e. The molecule has 1 aromatic rings. The number of aromatic nitrogens is 2. The third-order valence-electron chi connectivity index (χ3n) is 5.02. The van der Waals surface area contributed by atoms with Crippen LogP contribution in [0.25, 0.3) is 0 Å². The van der Waals surface area contributed by atoms with E-state index >= 15 is 0 Å². The molecule has 1 atom stereocenters. The van der Waals surface area contributed by atoms with Crippen LogP contribution in [0.5, 0.6) is 0 Å². The number of aryl methyl sites for hydroxylation is 1. The zero-order valence-electron chi connectivity index (χ0n) is 14.1. The Bertz CT molecular complexity index is 476. The second-order valence-electron chi connectivity index (χ2n) is 7.04. The molecule has 0 amide bonds. The predicted molar refractivity (Wildman–Crippen MR) is 91.2 cm³/mol. The van der Waals surface area contributed by atoms with Crippen LogP contribution in [0, 0.1) is 12.8 Å². The van der Waals surface area contributed by atoms with Gasteiger partial charge in [0.2, 0.25) is 5.95 Å². The second-order valence-corrected chi connectivity index (χ2v) is 7.04. The van der Waals surface area contributed by atoms with Gasteiger partial charge in [-0.3, -0.25) is 0 Å². The van der Waals surface area contributed by atoms with Crippen molar-refractivity contribution in [3.63, 3.8) is 0 Å². The van der Waals surface area contributed by atoms with Gasteiger partial charge in [0, 0.05) is 36.6 Å². The minimum atomic E-state index is 0.349. The number of hydrogen-bond acceptors (Lipinski definition) is 4. The summed E-state index contributed by atoms with van der Waals surface area (Å²) in [6.45, 7) is 7.70. The number of rotatable bonds is 5. The summed E-state index contributed by atoms with van der Waals surface area (Å²) in [6.07, 6.45) is 11.4. The van der Waals surface area contributed by atoms with Crippen LogP contribution in [0.4, 0.5) is 5.95 Å². The fourth-order valence-corrected chi connectivity index (χ4v) is 3.26. The van der Waals surface area contributed by atoms with Crippen molar-refractivity contribution in [3.05, 3.63) is 17.5 Å². The van der Waals surface area contributed by atoms with Crippen molar-refractivity contribution < 1.29 is 0 Å². The van der Waals surface area contributed by atoms with E-state index in [2.05, 4.69) is 29.0 Å². The van der Waals surface area contributed by atoms with E-state index in [0.29, 0.717) is 6.04 Å². The first kappa shape index (κ1) is 15.7. The molecule has 0 aromatic carbocycles. The second kappa shape index (κ2) is 7.40. The van der Waals surface area contributed by atoms with Gasteiger partial charge in [-0.05, 0) is 52.0 Å². The summed E-state index contributed by atoms with van der Waals surface area (Å²) >= 11 is 0. The molecule has 2 fully saturated rings. The number of anilines is 1. The summed E-state index contributed by atoms with van der Waals surface area (Å²) in [5.41, 5.74) is 2.37. The molecule has 0 spiro atoms. The van der Waals surface area contributed by atoms with E-state index in [-0.39, 0.29) is 0 Å². The molecular weight excluding hydrogens is 272 g/mol. The topological polar surface area (TPSA) is 41.1 Å². The van der Waals surface area contributed by atoms with Gasteiger partial charge in [0.15, 0.2) is 0 Å². The molecule has 0 unspecified atom stereocenters. The van der Waals surface area contributed by atoms with E-state index in [1.165, 1.54) is 50.5 Å². The van der Waals surface area contributed by atoms with Gasteiger partial charge in [0.05, 0.1) is 0 Å². The smallest absolute Gasteiger partial charge is 0.225 e. The maximum atomic E-state index is 4.81. The van der Waals surface area contributed by atoms with Crippen LogP contribution in [-0.4, -0.2) is 29.6 Å². The molecule has 3 rings (SSSR count). The molecule has 1 N–H and O–H groups in total. The van der Waals surface area contributed by atoms with Crippen LogP contribution in [0.3, 0.4) is 0 Å². The van der Waals surface area contributed by atoms with E-state index in [9.17, 15) is 0 Å². The van der Waals surface area contributed by atoms with Gasteiger partial charge in [-0.15, -0.1) is 0 Å². The Morgan fingerprint density at radius 1 is 1.18 bits per heavy atom. The highest BCUT2D eigenvalue weighted by Crippen LogP contribution is 2.29. The number of hydrogen-bond donors (Lipinski definition) is 1. The predicted octanol–water partition coefficient (Wildman–Crippen LogP) is 3.62. The molecule has 122 valence electrons. The zero-order chi connectivity index (χ0) is 15.4. The first-order valence-electron chi connectivity index (χ1n) is 9.06. The highest BCUT2D eigenvalue weighted by Gasteiger charge is 2.22. The van der Waals surface area contributed by atoms with Crippen LogP contribution >= 0.6 is 0 Å². The molecule has 22 heavy (non-hydrogen) atoms. The average molecular weight is 302 g/mol. The average Bonchev–Trinajstić information content (AvgIpc) is 3.28. The van der Waals surface area contributed by atoms with Crippen LogP contribution in [0.1, 0.15) is 69.2 Å². The summed E-state index contributed by atoms with van der Waals surface area (Å²) in [5, 5.41) is 3.63. The Morgan fingerprint density at radius 3 is 2.50 bits per heavy atom. The molecule has 1 aliphatic heterocycles. The van der Waals surface area contributed by atoms with Gasteiger partial charge in [0.25, 0.3) is 0 Å². The lowest BCUT2D eigenvalue weighted by molar-refractivity contribution is 0.538. The van der Waals surface area contributed by atoms with Crippen molar-refractivity contribution in [2.45, 2.75) is 64.8 Å². The molecule has 0 bridgehead atoms. The highest BCUT2D eigenvalue weighted by atomic mass is 15.2. The molecule has 4 nitrogen and oxygen atoms in total. The van der Waals surface area contributed by atoms with E-state index in [4.69, 9.17) is 4.98 Å². The van der Waals surface area contributed by atoms with Gasteiger partial charge >= 0.3 is 0 Å². The van der Waals surface area contributed by atoms with Gasteiger partial charge in [0.1, 0.15) is 0 Å². The van der Waals surface area contributed by atoms with Crippen LogP contribution < -0.4 is 10.2 Å². The fraction of sp³-hybridized carbons (Fsp3) is 0.778. The quantitative estimate of drug-likeness (QED) is 0.902. The molecule has 2 aliphatic rings. The molecular formula is C18H30N4. The summed E-state index contributed by atoms with van der Waals surface area (Å²) in [5.74, 6) is 1.83. The van der Waals surface area contributed by atoms with Crippen LogP contribution in [0.2, 0.25) is 0 Å². The molecule has 1 aliphatic carbocycles. The molecule has 1 saturated carbocycles. The largest absolute Gasteiger partial charge is 0.341 e. The van der Waals surface area contributed by atoms with E-state index in [1.54, 1.807) is 0 Å². The lowest BCUT2D eigenvalue weighted by Crippen LogP contribution is -2.29. The Kier molecular flexibility index (Phi) is 5.29. The third kappa shape index (κ3) is 4.19. The molecule has 0 radical (unpaired) electrons. The molecule has 2 heterocycles. The SMILES string of the molecule is Cc1nc(N2CCCCCCC2)ncc1[C@H](C)NCC1CC1. The van der Waals surface area contributed by atoms with Crippen molar-refractivity contribution in [2.75, 3.05) is 24.5 Å². The van der Waals surface area contributed by atoms with Crippen molar-refractivity contribution in [3.8, 4) is 0 Å². The van der Waals surface area contributed by atoms with Gasteiger partial charge in [-0.25, -0.2) is 9.97 Å². The summed E-state index contributed by atoms with van der Waals surface area (Å²) < 4.78 is 0. The van der Waals surface area contributed by atoms with E-state index < -0.39 is 0 Å². The minimum absolute atomic E-state index is 0.349. The van der Waals surface area contributed by atoms with E-state index in [0.717, 1.165) is 37.2 Å². The lowest BCUT2D eigenvalue weighted by Gasteiger charge is -2.25. The molecule has 1 saturated heterocycles. The fourth-order valence-electron chi connectivity index (χ4n) is 3.26. The van der Waals surface area contributed by atoms with Crippen molar-refractivity contribution in [1.29, 1.82) is 0 Å². The maximum absolute atomic E-state index is 4.81. The van der Waals surface area contributed by atoms with Gasteiger partial charge < -0.3 is 10.2 Å². The van der Waals surface area contributed by atoms with Gasteiger partial charge in [-0.2, -0.15) is 0 Å². The Morgan fingerprint density at radius 2 is 1.86 bits per heavy atom. The summed E-state index contributed by atoms with van der Waals surface area (Å²) in [7, 11) is 0. The van der Waals surface area contributed by atoms with Gasteiger partial charge in [-0.1, -0.05) is 19.3 Å².